The third kappa shape index (κ3) is 6.21. The topological polar surface area (TPSA) is 119 Å². The molecule has 9 nitrogen and oxygen atoms in total. The number of hydrogen-bond acceptors (Lipinski definition) is 7. The van der Waals surface area contributed by atoms with Gasteiger partial charge in [0.25, 0.3) is 0 Å². The van der Waals surface area contributed by atoms with Crippen LogP contribution in [0.5, 0.6) is 0 Å². The number of benzene rings is 2. The summed E-state index contributed by atoms with van der Waals surface area (Å²) in [6.07, 6.45) is 0.721. The van der Waals surface area contributed by atoms with E-state index in [-0.39, 0.29) is 41.6 Å². The maximum absolute atomic E-state index is 12.8. The standard InChI is InChI=1S/C24H28N2O7S/c1-16-4-6-17(7-5-16)15-34(30,31)26-10-8-18(9-11-26)22(27)25-21-13-19(23(28)32-2)12-20(14-21)24(29)33-3/h4-7,12-14,18H,8-11,15H2,1-3H3,(H,25,27). The van der Waals surface area contributed by atoms with E-state index in [9.17, 15) is 22.8 Å². The largest absolute Gasteiger partial charge is 0.465 e. The van der Waals surface area contributed by atoms with Crippen LogP contribution >= 0.6 is 0 Å². The lowest BCUT2D eigenvalue weighted by Gasteiger charge is -2.30. The first kappa shape index (κ1) is 25.4. The number of methoxy groups -OCH3 is 2. The second-order valence-corrected chi connectivity index (χ2v) is 10.2. The van der Waals surface area contributed by atoms with E-state index in [1.807, 2.05) is 19.1 Å². The predicted molar refractivity (Wildman–Crippen MR) is 126 cm³/mol. The van der Waals surface area contributed by atoms with Crippen LogP contribution in [0.15, 0.2) is 42.5 Å². The molecule has 1 fully saturated rings. The fraction of sp³-hybridized carbons (Fsp3) is 0.375. The van der Waals surface area contributed by atoms with Crippen molar-refractivity contribution in [2.45, 2.75) is 25.5 Å². The van der Waals surface area contributed by atoms with Crippen molar-refractivity contribution in [2.24, 2.45) is 5.92 Å². The van der Waals surface area contributed by atoms with E-state index in [4.69, 9.17) is 9.47 Å². The molecule has 0 aliphatic carbocycles. The van der Waals surface area contributed by atoms with E-state index in [1.54, 1.807) is 12.1 Å². The molecule has 0 saturated carbocycles. The highest BCUT2D eigenvalue weighted by Gasteiger charge is 2.31. The quantitative estimate of drug-likeness (QED) is 0.595. The van der Waals surface area contributed by atoms with Crippen LogP contribution in [0.1, 0.15) is 44.7 Å². The molecule has 0 atom stereocenters. The molecule has 2 aromatic rings. The second-order valence-electron chi connectivity index (χ2n) is 8.19. The van der Waals surface area contributed by atoms with Crippen molar-refractivity contribution in [1.29, 1.82) is 0 Å². The summed E-state index contributed by atoms with van der Waals surface area (Å²) < 4.78 is 36.4. The Morgan fingerprint density at radius 1 is 0.941 bits per heavy atom. The predicted octanol–water partition coefficient (Wildman–Crippen LogP) is 2.75. The summed E-state index contributed by atoms with van der Waals surface area (Å²) >= 11 is 0. The highest BCUT2D eigenvalue weighted by atomic mass is 32.2. The van der Waals surface area contributed by atoms with Gasteiger partial charge in [-0.2, -0.15) is 0 Å². The van der Waals surface area contributed by atoms with Gasteiger partial charge in [-0.15, -0.1) is 0 Å². The lowest BCUT2D eigenvalue weighted by Crippen LogP contribution is -2.41. The van der Waals surface area contributed by atoms with Crippen LogP contribution in [0.4, 0.5) is 5.69 Å². The van der Waals surface area contributed by atoms with Gasteiger partial charge < -0.3 is 14.8 Å². The summed E-state index contributed by atoms with van der Waals surface area (Å²) in [7, 11) is -1.07. The van der Waals surface area contributed by atoms with Crippen molar-refractivity contribution >= 4 is 33.6 Å². The van der Waals surface area contributed by atoms with E-state index >= 15 is 0 Å². The lowest BCUT2D eigenvalue weighted by molar-refractivity contribution is -0.120. The Labute approximate surface area is 199 Å². The van der Waals surface area contributed by atoms with Crippen LogP contribution in [0.3, 0.4) is 0 Å². The Hall–Kier alpha value is -3.24. The van der Waals surface area contributed by atoms with Gasteiger partial charge in [0, 0.05) is 24.7 Å². The molecule has 0 unspecified atom stereocenters. The maximum Gasteiger partial charge on any atom is 0.337 e. The number of piperidine rings is 1. The molecule has 34 heavy (non-hydrogen) atoms. The Morgan fingerprint density at radius 3 is 1.97 bits per heavy atom. The zero-order chi connectivity index (χ0) is 24.9. The fourth-order valence-electron chi connectivity index (χ4n) is 3.80. The summed E-state index contributed by atoms with van der Waals surface area (Å²) in [6.45, 7) is 2.42. The van der Waals surface area contributed by atoms with Crippen molar-refractivity contribution in [2.75, 3.05) is 32.6 Å². The van der Waals surface area contributed by atoms with E-state index < -0.39 is 27.9 Å². The van der Waals surface area contributed by atoms with Crippen molar-refractivity contribution < 1.29 is 32.3 Å². The number of ether oxygens (including phenoxy) is 2. The van der Waals surface area contributed by atoms with Gasteiger partial charge in [0.15, 0.2) is 0 Å². The zero-order valence-electron chi connectivity index (χ0n) is 19.4. The van der Waals surface area contributed by atoms with Gasteiger partial charge in [0.05, 0.1) is 31.1 Å². The molecule has 1 aliphatic heterocycles. The Bertz CT molecular complexity index is 1130. The number of rotatable bonds is 7. The van der Waals surface area contributed by atoms with Crippen LogP contribution in [0, 0.1) is 12.8 Å². The number of nitrogens with zero attached hydrogens (tertiary/aromatic N) is 1. The van der Waals surface area contributed by atoms with Gasteiger partial charge >= 0.3 is 11.9 Å². The third-order valence-electron chi connectivity index (χ3n) is 5.73. The van der Waals surface area contributed by atoms with Gasteiger partial charge in [0.1, 0.15) is 0 Å². The molecule has 3 rings (SSSR count). The van der Waals surface area contributed by atoms with Crippen LogP contribution < -0.4 is 5.32 Å². The second kappa shape index (κ2) is 10.8. The number of hydrogen-bond donors (Lipinski definition) is 1. The normalized spacial score (nSPS) is 14.9. The number of esters is 2. The van der Waals surface area contributed by atoms with Crippen molar-refractivity contribution in [1.82, 2.24) is 4.31 Å². The number of sulfonamides is 1. The van der Waals surface area contributed by atoms with E-state index in [1.165, 1.54) is 36.7 Å². The molecule has 10 heteroatoms. The number of amides is 1. The van der Waals surface area contributed by atoms with Crippen molar-refractivity contribution in [3.05, 3.63) is 64.7 Å². The fourth-order valence-corrected chi connectivity index (χ4v) is 5.36. The number of carbonyl (C=O) groups is 3. The molecule has 1 N–H and O–H groups in total. The van der Waals surface area contributed by atoms with E-state index in [2.05, 4.69) is 5.32 Å². The molecule has 182 valence electrons. The molecule has 1 heterocycles. The minimum atomic E-state index is -3.49. The average Bonchev–Trinajstić information content (AvgIpc) is 2.84. The summed E-state index contributed by atoms with van der Waals surface area (Å²) in [5.41, 5.74) is 2.22. The SMILES string of the molecule is COC(=O)c1cc(NC(=O)C2CCN(S(=O)(=O)Cc3ccc(C)cc3)CC2)cc(C(=O)OC)c1. The molecule has 2 aromatic carbocycles. The first-order valence-electron chi connectivity index (χ1n) is 10.8. The molecule has 0 bridgehead atoms. The molecule has 0 radical (unpaired) electrons. The minimum absolute atomic E-state index is 0.0826. The van der Waals surface area contributed by atoms with Crippen LogP contribution in [0.25, 0.3) is 0 Å². The number of carbonyl (C=O) groups excluding carboxylic acids is 3. The lowest BCUT2D eigenvalue weighted by atomic mass is 9.97. The van der Waals surface area contributed by atoms with Crippen LogP contribution in [-0.2, 0) is 30.0 Å². The average molecular weight is 489 g/mol. The summed E-state index contributed by atoms with van der Waals surface area (Å²) in [5, 5.41) is 2.73. The molecular weight excluding hydrogens is 460 g/mol. The number of aryl methyl sites for hydroxylation is 1. The molecule has 0 aromatic heterocycles. The third-order valence-corrected chi connectivity index (χ3v) is 7.58. The van der Waals surface area contributed by atoms with Crippen molar-refractivity contribution in [3.8, 4) is 0 Å². The van der Waals surface area contributed by atoms with E-state index in [0.29, 0.717) is 12.8 Å². The van der Waals surface area contributed by atoms with Crippen molar-refractivity contribution in [3.63, 3.8) is 0 Å². The zero-order valence-corrected chi connectivity index (χ0v) is 20.2. The number of nitrogens with one attached hydrogen (secondary N) is 1. The summed E-state index contributed by atoms with van der Waals surface area (Å²) in [4.78, 5) is 36.7. The highest BCUT2D eigenvalue weighted by molar-refractivity contribution is 7.88. The molecule has 0 spiro atoms. The first-order valence-corrected chi connectivity index (χ1v) is 12.4. The van der Waals surface area contributed by atoms with Gasteiger partial charge in [-0.1, -0.05) is 29.8 Å². The van der Waals surface area contributed by atoms with E-state index in [0.717, 1.165) is 11.1 Å². The Balaban J connectivity index is 1.65. The monoisotopic (exact) mass is 488 g/mol. The summed E-state index contributed by atoms with van der Waals surface area (Å²) in [6, 6.07) is 11.5. The van der Waals surface area contributed by atoms with Crippen LogP contribution in [-0.4, -0.2) is 57.9 Å². The molecular formula is C24H28N2O7S. The highest BCUT2D eigenvalue weighted by Crippen LogP contribution is 2.24. The Kier molecular flexibility index (Phi) is 8.06. The van der Waals surface area contributed by atoms with Gasteiger partial charge in [-0.25, -0.2) is 22.3 Å². The maximum atomic E-state index is 12.8. The minimum Gasteiger partial charge on any atom is -0.465 e. The summed E-state index contributed by atoms with van der Waals surface area (Å²) in [5.74, 6) is -2.12. The first-order chi connectivity index (χ1) is 16.1. The van der Waals surface area contributed by atoms with Gasteiger partial charge in [-0.05, 0) is 43.5 Å². The van der Waals surface area contributed by atoms with Gasteiger partial charge in [-0.3, -0.25) is 4.79 Å². The van der Waals surface area contributed by atoms with Gasteiger partial charge in [0.2, 0.25) is 15.9 Å². The number of anilines is 1. The Morgan fingerprint density at radius 2 is 1.47 bits per heavy atom. The molecule has 1 saturated heterocycles. The smallest absolute Gasteiger partial charge is 0.337 e. The van der Waals surface area contributed by atoms with Crippen LogP contribution in [0.2, 0.25) is 0 Å². The molecule has 1 amide bonds. The molecule has 1 aliphatic rings.